The lowest BCUT2D eigenvalue weighted by Crippen LogP contribution is -2.70. The van der Waals surface area contributed by atoms with Gasteiger partial charge in [-0.3, -0.25) is 14.4 Å². The Morgan fingerprint density at radius 3 is 2.59 bits per heavy atom. The van der Waals surface area contributed by atoms with Crippen molar-refractivity contribution in [3.05, 3.63) is 23.8 Å². The number of carbonyl (C=O) groups excluding carboxylic acids is 3. The standard InChI is InChI=1S/C25H31ClF2O5S/c1-5-20(31)33-25(21(32)34-12-26)13(2)8-15-16-10-18(27)17-9-14(29)6-7-22(17,3)24(16,28)19(30)11-23(15,25)4/h6-7,9,13,15-16,18-19,30H,5,8,10-12H2,1-4H3/t13-,15+,16+,18+,19+,22+,23+,24+,25+/m1/s1. The molecule has 1 N–H and O–H groups in total. The van der Waals surface area contributed by atoms with Gasteiger partial charge in [-0.25, -0.2) is 8.78 Å². The van der Waals surface area contributed by atoms with E-state index in [0.29, 0.717) is 6.42 Å². The third kappa shape index (κ3) is 3.10. The van der Waals surface area contributed by atoms with Crippen molar-refractivity contribution in [2.75, 3.05) is 5.21 Å². The van der Waals surface area contributed by atoms with Crippen molar-refractivity contribution in [3.8, 4) is 0 Å². The lowest BCUT2D eigenvalue weighted by molar-refractivity contribution is -0.228. The Kier molecular flexibility index (Phi) is 6.39. The Hall–Kier alpha value is -1.25. The highest BCUT2D eigenvalue weighted by Gasteiger charge is 2.78. The fourth-order valence-electron chi connectivity index (χ4n) is 7.63. The number of ether oxygens (including phenoxy) is 1. The van der Waals surface area contributed by atoms with Gasteiger partial charge in [0.15, 0.2) is 17.1 Å². The normalized spacial score (nSPS) is 47.4. The van der Waals surface area contributed by atoms with Crippen molar-refractivity contribution in [2.24, 2.45) is 28.6 Å². The molecule has 4 aliphatic rings. The number of rotatable bonds is 4. The second-order valence-electron chi connectivity index (χ2n) is 10.6. The van der Waals surface area contributed by atoms with Gasteiger partial charge in [-0.1, -0.05) is 38.6 Å². The molecule has 0 aromatic rings. The highest BCUT2D eigenvalue weighted by molar-refractivity contribution is 8.14. The maximum absolute atomic E-state index is 17.3. The molecule has 9 heteroatoms. The number of ketones is 1. The van der Waals surface area contributed by atoms with Crippen molar-refractivity contribution in [1.29, 1.82) is 0 Å². The summed E-state index contributed by atoms with van der Waals surface area (Å²) in [5.74, 6) is -2.95. The van der Waals surface area contributed by atoms with Crippen LogP contribution in [-0.4, -0.2) is 50.7 Å². The fourth-order valence-corrected chi connectivity index (χ4v) is 8.71. The van der Waals surface area contributed by atoms with Gasteiger partial charge < -0.3 is 9.84 Å². The van der Waals surface area contributed by atoms with Gasteiger partial charge in [0, 0.05) is 29.1 Å². The molecule has 34 heavy (non-hydrogen) atoms. The van der Waals surface area contributed by atoms with Gasteiger partial charge in [0.1, 0.15) is 6.17 Å². The topological polar surface area (TPSA) is 80.7 Å². The second kappa shape index (κ2) is 8.41. The molecule has 0 aliphatic heterocycles. The van der Waals surface area contributed by atoms with Crippen LogP contribution in [0.1, 0.15) is 53.4 Å². The summed E-state index contributed by atoms with van der Waals surface area (Å²) in [6, 6.07) is 0. The Morgan fingerprint density at radius 1 is 1.29 bits per heavy atom. The molecule has 0 radical (unpaired) electrons. The van der Waals surface area contributed by atoms with E-state index in [1.54, 1.807) is 20.8 Å². The number of alkyl halides is 3. The predicted octanol–water partition coefficient (Wildman–Crippen LogP) is 4.70. The third-order valence-corrected chi connectivity index (χ3v) is 10.2. The molecule has 0 saturated heterocycles. The first kappa shape index (κ1) is 25.8. The van der Waals surface area contributed by atoms with Gasteiger partial charge in [-0.2, -0.15) is 0 Å². The number of halogens is 3. The van der Waals surface area contributed by atoms with Gasteiger partial charge in [0.2, 0.25) is 5.12 Å². The number of carbonyl (C=O) groups is 3. The zero-order chi connectivity index (χ0) is 25.3. The Morgan fingerprint density at radius 2 is 1.97 bits per heavy atom. The van der Waals surface area contributed by atoms with Crippen LogP contribution in [-0.2, 0) is 19.1 Å². The summed E-state index contributed by atoms with van der Waals surface area (Å²) in [7, 11) is 0. The maximum Gasteiger partial charge on any atom is 0.306 e. The number of thioether (sulfide) groups is 1. The molecule has 0 aromatic carbocycles. The molecule has 4 rings (SSSR count). The number of hydrogen-bond acceptors (Lipinski definition) is 6. The van der Waals surface area contributed by atoms with Crippen molar-refractivity contribution in [3.63, 3.8) is 0 Å². The molecule has 0 bridgehead atoms. The molecule has 0 spiro atoms. The number of hydrogen-bond donors (Lipinski definition) is 1. The van der Waals surface area contributed by atoms with Crippen LogP contribution in [0.5, 0.6) is 0 Å². The van der Waals surface area contributed by atoms with Gasteiger partial charge in [-0.15, -0.1) is 11.6 Å². The number of esters is 1. The van der Waals surface area contributed by atoms with E-state index in [-0.39, 0.29) is 30.0 Å². The first-order chi connectivity index (χ1) is 15.8. The molecule has 0 heterocycles. The highest BCUT2D eigenvalue weighted by atomic mass is 35.5. The Balaban J connectivity index is 1.87. The zero-order valence-corrected chi connectivity index (χ0v) is 21.3. The van der Waals surface area contributed by atoms with Crippen LogP contribution >= 0.6 is 23.4 Å². The largest absolute Gasteiger partial charge is 0.449 e. The van der Waals surface area contributed by atoms with Gasteiger partial charge in [0.25, 0.3) is 0 Å². The van der Waals surface area contributed by atoms with Gasteiger partial charge in [-0.05, 0) is 49.8 Å². The van der Waals surface area contributed by atoms with Crippen molar-refractivity contribution in [1.82, 2.24) is 0 Å². The third-order valence-electron chi connectivity index (χ3n) is 9.22. The quantitative estimate of drug-likeness (QED) is 0.431. The first-order valence-corrected chi connectivity index (χ1v) is 13.3. The number of allylic oxidation sites excluding steroid dienone is 4. The average molecular weight is 517 g/mol. The molecular formula is C25H31ClF2O5S. The maximum atomic E-state index is 17.3. The predicted molar refractivity (Wildman–Crippen MR) is 126 cm³/mol. The summed E-state index contributed by atoms with van der Waals surface area (Å²) in [6.07, 6.45) is 0.613. The number of aliphatic hydroxyl groups is 1. The molecular weight excluding hydrogens is 486 g/mol. The average Bonchev–Trinajstić information content (AvgIpc) is 2.99. The first-order valence-electron chi connectivity index (χ1n) is 11.7. The van der Waals surface area contributed by atoms with E-state index in [0.717, 1.165) is 17.8 Å². The molecule has 9 atom stereocenters. The minimum atomic E-state index is -2.25. The van der Waals surface area contributed by atoms with Crippen LogP contribution in [0.4, 0.5) is 8.78 Å². The molecule has 0 aromatic heterocycles. The summed E-state index contributed by atoms with van der Waals surface area (Å²) in [4.78, 5) is 38.0. The summed E-state index contributed by atoms with van der Waals surface area (Å²) in [6.45, 7) is 6.69. The molecule has 3 saturated carbocycles. The number of aliphatic hydroxyl groups excluding tert-OH is 1. The van der Waals surface area contributed by atoms with E-state index >= 15 is 8.78 Å². The zero-order valence-electron chi connectivity index (χ0n) is 19.8. The second-order valence-corrected chi connectivity index (χ2v) is 12.1. The SMILES string of the molecule is CCC(=O)O[C@]1(C(=O)SCCl)[C@H](C)C[C@H]2[C@@H]3C[C@H](F)C4=CC(=O)C=C[C@]4(C)[C@@]3(F)[C@@H](O)C[C@@]21C. The Labute approximate surface area is 207 Å². The van der Waals surface area contributed by atoms with E-state index in [4.69, 9.17) is 16.3 Å². The van der Waals surface area contributed by atoms with Crippen LogP contribution in [0.3, 0.4) is 0 Å². The van der Waals surface area contributed by atoms with Crippen LogP contribution in [0.15, 0.2) is 23.8 Å². The smallest absolute Gasteiger partial charge is 0.306 e. The van der Waals surface area contributed by atoms with E-state index < -0.39 is 69.0 Å². The molecule has 4 aliphatic carbocycles. The van der Waals surface area contributed by atoms with Gasteiger partial charge in [0.05, 0.1) is 11.3 Å². The van der Waals surface area contributed by atoms with Crippen molar-refractivity contribution >= 4 is 40.2 Å². The minimum absolute atomic E-state index is 0.0462. The lowest BCUT2D eigenvalue weighted by atomic mass is 9.44. The summed E-state index contributed by atoms with van der Waals surface area (Å²) < 4.78 is 38.7. The Bertz CT molecular complexity index is 986. The fraction of sp³-hybridized carbons (Fsp3) is 0.720. The highest BCUT2D eigenvalue weighted by Crippen LogP contribution is 2.72. The van der Waals surface area contributed by atoms with Crippen LogP contribution in [0, 0.1) is 28.6 Å². The van der Waals surface area contributed by atoms with E-state index in [1.807, 2.05) is 0 Å². The van der Waals surface area contributed by atoms with Crippen LogP contribution in [0.2, 0.25) is 0 Å². The molecule has 0 unspecified atom stereocenters. The number of fused-ring (bicyclic) bond motifs is 5. The summed E-state index contributed by atoms with van der Waals surface area (Å²) in [5, 5.41) is 11.0. The monoisotopic (exact) mass is 516 g/mol. The van der Waals surface area contributed by atoms with Crippen molar-refractivity contribution < 1.29 is 33.0 Å². The van der Waals surface area contributed by atoms with Crippen LogP contribution < -0.4 is 0 Å². The van der Waals surface area contributed by atoms with E-state index in [2.05, 4.69) is 0 Å². The molecule has 3 fully saturated rings. The van der Waals surface area contributed by atoms with Crippen molar-refractivity contribution in [2.45, 2.75) is 76.9 Å². The summed E-state index contributed by atoms with van der Waals surface area (Å²) >= 11 is 6.69. The van der Waals surface area contributed by atoms with Crippen LogP contribution in [0.25, 0.3) is 0 Å². The van der Waals surface area contributed by atoms with Gasteiger partial charge >= 0.3 is 5.97 Å². The lowest BCUT2D eigenvalue weighted by Gasteiger charge is -2.63. The molecule has 0 amide bonds. The molecule has 188 valence electrons. The van der Waals surface area contributed by atoms with E-state index in [9.17, 15) is 19.5 Å². The summed E-state index contributed by atoms with van der Waals surface area (Å²) in [5.41, 5.74) is -6.46. The minimum Gasteiger partial charge on any atom is -0.449 e. The van der Waals surface area contributed by atoms with E-state index in [1.165, 1.54) is 19.1 Å². The molecule has 5 nitrogen and oxygen atoms in total.